The van der Waals surface area contributed by atoms with Crippen LogP contribution in [0.25, 0.3) is 5.69 Å². The summed E-state index contributed by atoms with van der Waals surface area (Å²) < 4.78 is 1.88. The number of nitro groups is 1. The summed E-state index contributed by atoms with van der Waals surface area (Å²) in [6, 6.07) is 6.66. The number of rotatable bonds is 4. The maximum atomic E-state index is 11.0. The molecule has 3 rings (SSSR count). The molecule has 0 aliphatic heterocycles. The highest BCUT2D eigenvalue weighted by Gasteiger charge is 2.27. The van der Waals surface area contributed by atoms with E-state index in [1.165, 1.54) is 17.3 Å². The third-order valence-electron chi connectivity index (χ3n) is 4.38. The Morgan fingerprint density at radius 3 is 3.05 bits per heavy atom. The molecule has 0 saturated heterocycles. The van der Waals surface area contributed by atoms with Crippen LogP contribution in [0.4, 0.5) is 5.69 Å². The smallest absolute Gasteiger partial charge is 0.271 e. The van der Waals surface area contributed by atoms with Crippen LogP contribution in [0, 0.1) is 17.0 Å². The molecule has 2 N–H and O–H groups in total. The molecule has 1 heterocycles. The first-order chi connectivity index (χ1) is 10.6. The maximum Gasteiger partial charge on any atom is 0.271 e. The van der Waals surface area contributed by atoms with Crippen LogP contribution in [0.5, 0.6) is 0 Å². The first-order valence-electron chi connectivity index (χ1n) is 7.65. The average Bonchev–Trinajstić information content (AvgIpc) is 2.86. The lowest BCUT2D eigenvalue weighted by atomic mass is 9.83. The van der Waals surface area contributed by atoms with Crippen molar-refractivity contribution in [3.05, 3.63) is 51.3 Å². The normalized spacial score (nSPS) is 17.3. The molecule has 1 atom stereocenters. The molecule has 6 heteroatoms. The molecular formula is C16H20N4O2. The van der Waals surface area contributed by atoms with E-state index >= 15 is 0 Å². The summed E-state index contributed by atoms with van der Waals surface area (Å²) >= 11 is 0. The predicted octanol–water partition coefficient (Wildman–Crippen LogP) is 2.86. The Bertz CT molecular complexity index is 708. The molecule has 0 amide bonds. The van der Waals surface area contributed by atoms with Gasteiger partial charge < -0.3 is 5.73 Å². The second kappa shape index (κ2) is 5.88. The Balaban J connectivity index is 2.08. The lowest BCUT2D eigenvalue weighted by Crippen LogP contribution is -2.15. The minimum atomic E-state index is -0.371. The van der Waals surface area contributed by atoms with Gasteiger partial charge in [0, 0.05) is 17.8 Å². The quantitative estimate of drug-likeness (QED) is 0.694. The number of fused-ring (bicyclic) bond motifs is 1. The molecule has 22 heavy (non-hydrogen) atoms. The van der Waals surface area contributed by atoms with Gasteiger partial charge in [-0.25, -0.2) is 4.68 Å². The van der Waals surface area contributed by atoms with Crippen molar-refractivity contribution in [2.75, 3.05) is 6.54 Å². The molecule has 1 aromatic carbocycles. The summed E-state index contributed by atoms with van der Waals surface area (Å²) in [6.45, 7) is 2.69. The molecule has 116 valence electrons. The molecular weight excluding hydrogens is 280 g/mol. The number of non-ortho nitro benzene ring substituents is 1. The fourth-order valence-electron chi connectivity index (χ4n) is 3.46. The van der Waals surface area contributed by atoms with E-state index in [9.17, 15) is 10.1 Å². The van der Waals surface area contributed by atoms with Crippen molar-refractivity contribution >= 4 is 5.69 Å². The summed E-state index contributed by atoms with van der Waals surface area (Å²) in [5, 5.41) is 15.6. The molecule has 6 nitrogen and oxygen atoms in total. The largest absolute Gasteiger partial charge is 0.330 e. The van der Waals surface area contributed by atoms with Crippen LogP contribution >= 0.6 is 0 Å². The topological polar surface area (TPSA) is 87.0 Å². The summed E-state index contributed by atoms with van der Waals surface area (Å²) in [5.41, 5.74) is 10.1. The zero-order chi connectivity index (χ0) is 15.7. The van der Waals surface area contributed by atoms with E-state index in [1.54, 1.807) is 12.1 Å². The molecule has 1 unspecified atom stereocenters. The number of aryl methyl sites for hydroxylation is 1. The Morgan fingerprint density at radius 1 is 1.50 bits per heavy atom. The van der Waals surface area contributed by atoms with Crippen LogP contribution in [0.3, 0.4) is 0 Å². The fourth-order valence-corrected chi connectivity index (χ4v) is 3.46. The Hall–Kier alpha value is -2.21. The second-order valence-corrected chi connectivity index (χ2v) is 5.80. The highest BCUT2D eigenvalue weighted by Crippen LogP contribution is 2.37. The molecule has 1 aliphatic carbocycles. The van der Waals surface area contributed by atoms with Gasteiger partial charge in [0.2, 0.25) is 0 Å². The predicted molar refractivity (Wildman–Crippen MR) is 84.3 cm³/mol. The second-order valence-electron chi connectivity index (χ2n) is 5.80. The number of nitro benzene ring substituents is 1. The number of hydrogen-bond acceptors (Lipinski definition) is 4. The van der Waals surface area contributed by atoms with Gasteiger partial charge in [-0.05, 0) is 56.7 Å². The lowest BCUT2D eigenvalue weighted by Gasteiger charge is -2.23. The van der Waals surface area contributed by atoms with Gasteiger partial charge in [0.25, 0.3) is 5.69 Å². The van der Waals surface area contributed by atoms with Gasteiger partial charge in [-0.15, -0.1) is 0 Å². The Labute approximate surface area is 129 Å². The van der Waals surface area contributed by atoms with Gasteiger partial charge in [0.05, 0.1) is 16.3 Å². The minimum Gasteiger partial charge on any atom is -0.330 e. The first-order valence-corrected chi connectivity index (χ1v) is 7.65. The number of hydrogen-bond donors (Lipinski definition) is 1. The fraction of sp³-hybridized carbons (Fsp3) is 0.438. The van der Waals surface area contributed by atoms with Gasteiger partial charge >= 0.3 is 0 Å². The van der Waals surface area contributed by atoms with Crippen LogP contribution < -0.4 is 5.73 Å². The molecule has 1 aromatic heterocycles. The van der Waals surface area contributed by atoms with Crippen molar-refractivity contribution in [2.45, 2.75) is 38.5 Å². The molecule has 1 aliphatic rings. The SMILES string of the molecule is Cc1nn(-c2cccc([N+](=O)[O-])c2)c2c1C(CCN)CCC2. The third-order valence-corrected chi connectivity index (χ3v) is 4.38. The van der Waals surface area contributed by atoms with Crippen LogP contribution in [0.15, 0.2) is 24.3 Å². The molecule has 0 bridgehead atoms. The summed E-state index contributed by atoms with van der Waals surface area (Å²) in [6.07, 6.45) is 4.18. The zero-order valence-corrected chi connectivity index (χ0v) is 12.7. The monoisotopic (exact) mass is 300 g/mol. The summed E-state index contributed by atoms with van der Waals surface area (Å²) in [5.74, 6) is 0.459. The van der Waals surface area contributed by atoms with Gasteiger partial charge in [0.15, 0.2) is 0 Å². The number of nitrogens with two attached hydrogens (primary N) is 1. The van der Waals surface area contributed by atoms with E-state index in [-0.39, 0.29) is 10.6 Å². The number of aromatic nitrogens is 2. The minimum absolute atomic E-state index is 0.0914. The summed E-state index contributed by atoms with van der Waals surface area (Å²) in [7, 11) is 0. The van der Waals surface area contributed by atoms with E-state index in [0.717, 1.165) is 37.1 Å². The first kappa shape index (κ1) is 14.7. The van der Waals surface area contributed by atoms with E-state index < -0.39 is 0 Å². The van der Waals surface area contributed by atoms with Crippen LogP contribution in [0.2, 0.25) is 0 Å². The van der Waals surface area contributed by atoms with Crippen LogP contribution in [0.1, 0.15) is 42.1 Å². The van der Waals surface area contributed by atoms with Crippen LogP contribution in [-0.2, 0) is 6.42 Å². The van der Waals surface area contributed by atoms with Crippen LogP contribution in [-0.4, -0.2) is 21.2 Å². The van der Waals surface area contributed by atoms with Gasteiger partial charge in [-0.3, -0.25) is 10.1 Å². The van der Waals surface area contributed by atoms with Gasteiger partial charge in [-0.1, -0.05) is 6.07 Å². The van der Waals surface area contributed by atoms with Gasteiger partial charge in [0.1, 0.15) is 0 Å². The van der Waals surface area contributed by atoms with E-state index in [2.05, 4.69) is 5.10 Å². The number of benzene rings is 1. The highest BCUT2D eigenvalue weighted by atomic mass is 16.6. The Kier molecular flexibility index (Phi) is 3.94. The van der Waals surface area contributed by atoms with Crippen molar-refractivity contribution in [2.24, 2.45) is 5.73 Å². The molecule has 0 radical (unpaired) electrons. The lowest BCUT2D eigenvalue weighted by molar-refractivity contribution is -0.384. The standard InChI is InChI=1S/C16H20N4O2/c1-11-16-12(8-9-17)4-2-7-15(16)19(18-11)13-5-3-6-14(10-13)20(21)22/h3,5-6,10,12H,2,4,7-9,17H2,1H3. The van der Waals surface area contributed by atoms with E-state index in [1.807, 2.05) is 17.7 Å². The third kappa shape index (κ3) is 2.50. The zero-order valence-electron chi connectivity index (χ0n) is 12.7. The number of nitrogens with zero attached hydrogens (tertiary/aromatic N) is 3. The van der Waals surface area contributed by atoms with Gasteiger partial charge in [-0.2, -0.15) is 5.10 Å². The molecule has 0 saturated carbocycles. The van der Waals surface area contributed by atoms with E-state index in [4.69, 9.17) is 5.73 Å². The highest BCUT2D eigenvalue weighted by molar-refractivity contribution is 5.46. The average molecular weight is 300 g/mol. The van der Waals surface area contributed by atoms with Crippen molar-refractivity contribution < 1.29 is 4.92 Å². The van der Waals surface area contributed by atoms with Crippen molar-refractivity contribution in [3.63, 3.8) is 0 Å². The van der Waals surface area contributed by atoms with E-state index in [0.29, 0.717) is 12.5 Å². The molecule has 2 aromatic rings. The molecule has 0 spiro atoms. The van der Waals surface area contributed by atoms with Crippen molar-refractivity contribution in [1.82, 2.24) is 9.78 Å². The summed E-state index contributed by atoms with van der Waals surface area (Å²) in [4.78, 5) is 10.6. The molecule has 0 fully saturated rings. The van der Waals surface area contributed by atoms with Crippen molar-refractivity contribution in [1.29, 1.82) is 0 Å². The maximum absolute atomic E-state index is 11.0. The van der Waals surface area contributed by atoms with Crippen molar-refractivity contribution in [3.8, 4) is 5.69 Å². The Morgan fingerprint density at radius 2 is 2.32 bits per heavy atom.